The molecule has 2 aromatic heterocycles. The molecule has 2 amide bonds. The molecule has 0 spiro atoms. The van der Waals surface area contributed by atoms with Crippen LogP contribution in [0.5, 0.6) is 5.88 Å². The first kappa shape index (κ1) is 33.9. The molecule has 0 bridgehead atoms. The van der Waals surface area contributed by atoms with Crippen LogP contribution in [0.15, 0.2) is 72.9 Å². The summed E-state index contributed by atoms with van der Waals surface area (Å²) >= 11 is 14.2. The van der Waals surface area contributed by atoms with E-state index in [1.807, 2.05) is 72.9 Å². The van der Waals surface area contributed by atoms with Crippen LogP contribution in [0.2, 0.25) is 10.0 Å². The summed E-state index contributed by atoms with van der Waals surface area (Å²) in [6, 6.07) is 22.0. The summed E-state index contributed by atoms with van der Waals surface area (Å²) in [4.78, 5) is 37.1. The second kappa shape index (κ2) is 15.1. The highest BCUT2D eigenvalue weighted by Gasteiger charge is 2.22. The topological polar surface area (TPSA) is 130 Å². The van der Waals surface area contributed by atoms with Crippen LogP contribution in [0.25, 0.3) is 44.4 Å². The van der Waals surface area contributed by atoms with Gasteiger partial charge in [-0.2, -0.15) is 0 Å². The summed E-state index contributed by atoms with van der Waals surface area (Å²) in [5, 5.41) is 14.7. The van der Waals surface area contributed by atoms with E-state index < -0.39 is 0 Å². The van der Waals surface area contributed by atoms with Gasteiger partial charge in [-0.3, -0.25) is 9.59 Å². The van der Waals surface area contributed by atoms with Crippen molar-refractivity contribution in [1.82, 2.24) is 36.2 Å². The molecular weight excluding hydrogens is 673 g/mol. The van der Waals surface area contributed by atoms with Crippen molar-refractivity contribution in [2.45, 2.75) is 50.9 Å². The molecule has 2 atom stereocenters. The number of halogens is 2. The Balaban J connectivity index is 1.08. The number of amides is 2. The molecule has 50 heavy (non-hydrogen) atoms. The molecule has 10 nitrogen and oxygen atoms in total. The van der Waals surface area contributed by atoms with E-state index in [0.29, 0.717) is 66.5 Å². The van der Waals surface area contributed by atoms with E-state index >= 15 is 0 Å². The van der Waals surface area contributed by atoms with Crippen LogP contribution in [-0.2, 0) is 22.7 Å². The van der Waals surface area contributed by atoms with Crippen LogP contribution in [0, 0.1) is 0 Å². The number of fused-ring (bicyclic) bond motifs is 1. The number of carbonyl (C=O) groups excluding carboxylic acids is 2. The van der Waals surface area contributed by atoms with Crippen LogP contribution in [-0.4, -0.2) is 59.0 Å². The maximum absolute atomic E-state index is 11.5. The number of hydrogen-bond donors (Lipinski definition) is 4. The molecule has 2 aliphatic heterocycles. The normalized spacial score (nSPS) is 17.3. The Hall–Kier alpha value is -4.61. The summed E-state index contributed by atoms with van der Waals surface area (Å²) < 4.78 is 5.65. The number of ether oxygens (including phenoxy) is 1. The predicted molar refractivity (Wildman–Crippen MR) is 196 cm³/mol. The lowest BCUT2D eigenvalue weighted by molar-refractivity contribution is -0.120. The van der Waals surface area contributed by atoms with Crippen molar-refractivity contribution in [3.8, 4) is 39.4 Å². The smallest absolute Gasteiger partial charge is 0.220 e. The summed E-state index contributed by atoms with van der Waals surface area (Å²) in [6.07, 6.45) is 4.67. The van der Waals surface area contributed by atoms with Crippen LogP contribution in [0.1, 0.15) is 37.1 Å². The molecule has 3 aromatic carbocycles. The van der Waals surface area contributed by atoms with Gasteiger partial charge in [-0.1, -0.05) is 71.7 Å². The van der Waals surface area contributed by atoms with Gasteiger partial charge in [0.25, 0.3) is 0 Å². The Morgan fingerprint density at radius 1 is 0.780 bits per heavy atom. The van der Waals surface area contributed by atoms with Crippen LogP contribution >= 0.6 is 23.2 Å². The minimum absolute atomic E-state index is 0.101. The first-order valence-corrected chi connectivity index (χ1v) is 17.5. The van der Waals surface area contributed by atoms with Crippen LogP contribution in [0.3, 0.4) is 0 Å². The van der Waals surface area contributed by atoms with Crippen molar-refractivity contribution in [2.75, 3.05) is 20.2 Å². The molecule has 256 valence electrons. The standard InChI is InChI=1S/C38H37Cl2N7O3/c1-50-38-23(17-41-19-25-10-14-34(48)44-25)9-13-32(47-38)30-7-3-6-29(37(30)40)28-5-2-4-27(36(28)39)22-8-12-31-24(16-22)18-43-33(46-31)21-42-20-26-11-15-35(49)45-26/h2-9,12-13,16,18,25-26,41-42H,10-11,14-15,17,19-21H2,1H3,(H,44,48)(H,45,49)/t25-,26+/m1/s1. The van der Waals surface area contributed by atoms with Gasteiger partial charge in [0.2, 0.25) is 17.7 Å². The average molecular weight is 711 g/mol. The fourth-order valence-electron chi connectivity index (χ4n) is 6.56. The lowest BCUT2D eigenvalue weighted by Crippen LogP contribution is -2.35. The molecule has 0 radical (unpaired) electrons. The van der Waals surface area contributed by atoms with E-state index in [0.717, 1.165) is 57.1 Å². The van der Waals surface area contributed by atoms with Crippen molar-refractivity contribution in [1.29, 1.82) is 0 Å². The molecule has 0 unspecified atom stereocenters. The highest BCUT2D eigenvalue weighted by molar-refractivity contribution is 6.39. The highest BCUT2D eigenvalue weighted by atomic mass is 35.5. The van der Waals surface area contributed by atoms with E-state index in [-0.39, 0.29) is 23.9 Å². The maximum atomic E-state index is 11.5. The van der Waals surface area contributed by atoms with E-state index in [1.54, 1.807) is 7.11 Å². The Morgan fingerprint density at radius 2 is 1.42 bits per heavy atom. The zero-order valence-corrected chi connectivity index (χ0v) is 29.1. The molecule has 5 aromatic rings. The first-order chi connectivity index (χ1) is 24.4. The predicted octanol–water partition coefficient (Wildman–Crippen LogP) is 6.08. The molecule has 4 heterocycles. The Labute approximate surface area is 300 Å². The monoisotopic (exact) mass is 709 g/mol. The number of pyridine rings is 1. The summed E-state index contributed by atoms with van der Waals surface area (Å²) in [5.41, 5.74) is 6.59. The molecule has 2 fully saturated rings. The Kier molecular flexibility index (Phi) is 10.2. The minimum atomic E-state index is 0.101. The number of hydrogen-bond acceptors (Lipinski definition) is 8. The zero-order valence-electron chi connectivity index (χ0n) is 27.6. The number of nitrogens with zero attached hydrogens (tertiary/aromatic N) is 3. The maximum Gasteiger partial charge on any atom is 0.220 e. The molecule has 7 rings (SSSR count). The van der Waals surface area contributed by atoms with E-state index in [1.165, 1.54) is 0 Å². The number of methoxy groups -OCH3 is 1. The highest BCUT2D eigenvalue weighted by Crippen LogP contribution is 2.42. The van der Waals surface area contributed by atoms with Gasteiger partial charge in [-0.15, -0.1) is 0 Å². The van der Waals surface area contributed by atoms with E-state index in [4.69, 9.17) is 37.9 Å². The largest absolute Gasteiger partial charge is 0.481 e. The second-order valence-electron chi connectivity index (χ2n) is 12.6. The van der Waals surface area contributed by atoms with Gasteiger partial charge >= 0.3 is 0 Å². The summed E-state index contributed by atoms with van der Waals surface area (Å²) in [7, 11) is 1.60. The SMILES string of the molecule is COc1nc(-c2cccc(-c3cccc(-c4ccc5nc(CNC[C@@H]6CCC(=O)N6)ncc5c4)c3Cl)c2Cl)ccc1CNC[C@H]1CCC(=O)N1. The van der Waals surface area contributed by atoms with Crippen molar-refractivity contribution < 1.29 is 14.3 Å². The van der Waals surface area contributed by atoms with Gasteiger partial charge in [0.15, 0.2) is 0 Å². The average Bonchev–Trinajstić information content (AvgIpc) is 3.75. The number of rotatable bonds is 12. The lowest BCUT2D eigenvalue weighted by atomic mass is 9.96. The van der Waals surface area contributed by atoms with Gasteiger partial charge in [-0.05, 0) is 36.6 Å². The van der Waals surface area contributed by atoms with Gasteiger partial charge < -0.3 is 26.0 Å². The quantitative estimate of drug-likeness (QED) is 0.123. The van der Waals surface area contributed by atoms with Gasteiger partial charge in [0, 0.05) is 84.0 Å². The van der Waals surface area contributed by atoms with Crippen LogP contribution < -0.4 is 26.0 Å². The van der Waals surface area contributed by atoms with Gasteiger partial charge in [0.05, 0.1) is 34.9 Å². The molecule has 2 aliphatic rings. The summed E-state index contributed by atoms with van der Waals surface area (Å²) in [5.74, 6) is 1.41. The van der Waals surface area contributed by atoms with Crippen molar-refractivity contribution >= 4 is 45.9 Å². The number of aromatic nitrogens is 3. The van der Waals surface area contributed by atoms with Crippen molar-refractivity contribution in [3.05, 3.63) is 94.4 Å². The number of nitrogens with one attached hydrogen (secondary N) is 4. The summed E-state index contributed by atoms with van der Waals surface area (Å²) in [6.45, 7) is 2.44. The van der Waals surface area contributed by atoms with Gasteiger partial charge in [0.1, 0.15) is 5.82 Å². The fourth-order valence-corrected chi connectivity index (χ4v) is 7.22. The number of carbonyl (C=O) groups is 2. The molecular formula is C38H37Cl2N7O3. The first-order valence-electron chi connectivity index (χ1n) is 16.7. The van der Waals surface area contributed by atoms with Crippen molar-refractivity contribution in [2.24, 2.45) is 0 Å². The van der Waals surface area contributed by atoms with E-state index in [9.17, 15) is 9.59 Å². The molecule has 4 N–H and O–H groups in total. The fraction of sp³-hybridized carbons (Fsp3) is 0.289. The molecule has 12 heteroatoms. The Morgan fingerprint density at radius 3 is 2.08 bits per heavy atom. The molecule has 0 saturated carbocycles. The lowest BCUT2D eigenvalue weighted by Gasteiger charge is -2.16. The third-order valence-electron chi connectivity index (χ3n) is 9.19. The second-order valence-corrected chi connectivity index (χ2v) is 13.4. The third-order valence-corrected chi connectivity index (χ3v) is 10.0. The molecule has 2 saturated heterocycles. The van der Waals surface area contributed by atoms with E-state index in [2.05, 4.69) is 26.3 Å². The number of benzene rings is 3. The van der Waals surface area contributed by atoms with Crippen molar-refractivity contribution in [3.63, 3.8) is 0 Å². The van der Waals surface area contributed by atoms with Gasteiger partial charge in [-0.25, -0.2) is 15.0 Å². The third kappa shape index (κ3) is 7.44. The minimum Gasteiger partial charge on any atom is -0.481 e. The Bertz CT molecular complexity index is 2070. The molecule has 0 aliphatic carbocycles. The zero-order chi connectivity index (χ0) is 34.6. The van der Waals surface area contributed by atoms with Crippen LogP contribution in [0.4, 0.5) is 0 Å².